The molecule has 1 N–H and O–H groups in total. The molecule has 0 saturated carbocycles. The summed E-state index contributed by atoms with van der Waals surface area (Å²) in [6, 6.07) is 5.77. The van der Waals surface area contributed by atoms with Crippen molar-refractivity contribution >= 4 is 16.9 Å². The largest absolute Gasteiger partial charge is 0.459 e. The quantitative estimate of drug-likeness (QED) is 0.823. The van der Waals surface area contributed by atoms with Gasteiger partial charge in [0, 0.05) is 16.6 Å². The van der Waals surface area contributed by atoms with E-state index in [0.717, 1.165) is 18.4 Å². The van der Waals surface area contributed by atoms with Crippen LogP contribution in [0.15, 0.2) is 18.2 Å². The van der Waals surface area contributed by atoms with Gasteiger partial charge in [-0.05, 0) is 56.9 Å². The van der Waals surface area contributed by atoms with E-state index >= 15 is 0 Å². The number of ether oxygens (including phenoxy) is 1. The van der Waals surface area contributed by atoms with Crippen molar-refractivity contribution in [2.75, 3.05) is 0 Å². The first kappa shape index (κ1) is 11.3. The minimum absolute atomic E-state index is 0.0786. The highest BCUT2D eigenvalue weighted by Gasteiger charge is 2.18. The first-order valence-electron chi connectivity index (χ1n) is 6.49. The standard InChI is InChI=1S/C15H17NO2/c1-9(2)18-15(17)10-6-7-14-12(8-10)11-4-3-5-13(11)16-14/h6-9,16H,3-5H2,1-2H3. The normalized spacial score (nSPS) is 14.2. The molecule has 2 aromatic rings. The Hall–Kier alpha value is -1.77. The number of carbonyl (C=O) groups is 1. The Bertz CT molecular complexity index is 610. The molecular weight excluding hydrogens is 226 g/mol. The van der Waals surface area contributed by atoms with Gasteiger partial charge in [-0.25, -0.2) is 4.79 Å². The van der Waals surface area contributed by atoms with Crippen LogP contribution in [0.1, 0.15) is 41.9 Å². The van der Waals surface area contributed by atoms with Gasteiger partial charge in [0.15, 0.2) is 0 Å². The average Bonchev–Trinajstić information content (AvgIpc) is 2.87. The maximum atomic E-state index is 11.9. The molecule has 1 aliphatic rings. The molecule has 94 valence electrons. The molecule has 0 fully saturated rings. The minimum atomic E-state index is -0.236. The van der Waals surface area contributed by atoms with E-state index in [1.54, 1.807) is 0 Å². The molecule has 0 unspecified atom stereocenters. The van der Waals surface area contributed by atoms with Gasteiger partial charge >= 0.3 is 5.97 Å². The lowest BCUT2D eigenvalue weighted by atomic mass is 10.1. The Morgan fingerprint density at radius 2 is 2.17 bits per heavy atom. The number of carbonyl (C=O) groups excluding carboxylic acids is 1. The first-order valence-corrected chi connectivity index (χ1v) is 6.49. The Morgan fingerprint density at radius 1 is 1.33 bits per heavy atom. The van der Waals surface area contributed by atoms with Crippen molar-refractivity contribution in [3.05, 3.63) is 35.0 Å². The van der Waals surface area contributed by atoms with Crippen LogP contribution in [0.4, 0.5) is 0 Å². The van der Waals surface area contributed by atoms with Gasteiger partial charge in [-0.15, -0.1) is 0 Å². The minimum Gasteiger partial charge on any atom is -0.459 e. The Labute approximate surface area is 106 Å². The van der Waals surface area contributed by atoms with E-state index in [4.69, 9.17) is 4.74 Å². The third kappa shape index (κ3) is 1.80. The van der Waals surface area contributed by atoms with E-state index in [1.807, 2.05) is 32.0 Å². The van der Waals surface area contributed by atoms with Gasteiger partial charge in [-0.3, -0.25) is 0 Å². The van der Waals surface area contributed by atoms with Crippen molar-refractivity contribution in [3.63, 3.8) is 0 Å². The molecule has 0 bridgehead atoms. The predicted octanol–water partition coefficient (Wildman–Crippen LogP) is 3.22. The van der Waals surface area contributed by atoms with Crippen LogP contribution in [-0.4, -0.2) is 17.1 Å². The molecule has 0 amide bonds. The van der Waals surface area contributed by atoms with Crippen LogP contribution >= 0.6 is 0 Å². The van der Waals surface area contributed by atoms with Gasteiger partial charge < -0.3 is 9.72 Å². The summed E-state index contributed by atoms with van der Waals surface area (Å²) in [5.41, 5.74) is 4.48. The van der Waals surface area contributed by atoms with Gasteiger partial charge in [-0.1, -0.05) is 0 Å². The summed E-state index contributed by atoms with van der Waals surface area (Å²) in [4.78, 5) is 15.3. The number of benzene rings is 1. The highest BCUT2D eigenvalue weighted by molar-refractivity contribution is 5.96. The fraction of sp³-hybridized carbons (Fsp3) is 0.400. The summed E-state index contributed by atoms with van der Waals surface area (Å²) in [6.45, 7) is 3.73. The molecule has 3 heteroatoms. The summed E-state index contributed by atoms with van der Waals surface area (Å²) in [5, 5.41) is 1.18. The monoisotopic (exact) mass is 243 g/mol. The number of rotatable bonds is 2. The zero-order valence-electron chi connectivity index (χ0n) is 10.7. The smallest absolute Gasteiger partial charge is 0.338 e. The van der Waals surface area contributed by atoms with Crippen molar-refractivity contribution in [3.8, 4) is 0 Å². The number of hydrogen-bond acceptors (Lipinski definition) is 2. The summed E-state index contributed by atoms with van der Waals surface area (Å²) >= 11 is 0. The second kappa shape index (κ2) is 4.16. The molecule has 0 radical (unpaired) electrons. The fourth-order valence-electron chi connectivity index (χ4n) is 2.65. The number of H-pyrrole nitrogens is 1. The number of hydrogen-bond donors (Lipinski definition) is 1. The molecular formula is C15H17NO2. The van der Waals surface area contributed by atoms with Crippen molar-refractivity contribution in [1.29, 1.82) is 0 Å². The third-order valence-electron chi connectivity index (χ3n) is 3.43. The molecule has 1 heterocycles. The lowest BCUT2D eigenvalue weighted by Crippen LogP contribution is -2.11. The van der Waals surface area contributed by atoms with Crippen molar-refractivity contribution in [2.45, 2.75) is 39.2 Å². The zero-order valence-corrected chi connectivity index (χ0v) is 10.7. The van der Waals surface area contributed by atoms with E-state index in [0.29, 0.717) is 5.56 Å². The van der Waals surface area contributed by atoms with E-state index in [1.165, 1.54) is 23.1 Å². The number of nitrogens with one attached hydrogen (secondary N) is 1. The van der Waals surface area contributed by atoms with Crippen LogP contribution < -0.4 is 0 Å². The van der Waals surface area contributed by atoms with Crippen LogP contribution in [0.5, 0.6) is 0 Å². The van der Waals surface area contributed by atoms with Gasteiger partial charge in [0.1, 0.15) is 0 Å². The molecule has 3 nitrogen and oxygen atoms in total. The summed E-state index contributed by atoms with van der Waals surface area (Å²) in [7, 11) is 0. The van der Waals surface area contributed by atoms with Crippen LogP contribution in [-0.2, 0) is 17.6 Å². The summed E-state index contributed by atoms with van der Waals surface area (Å²) in [5.74, 6) is -0.236. The maximum absolute atomic E-state index is 11.9. The van der Waals surface area contributed by atoms with Gasteiger partial charge in [0.2, 0.25) is 0 Å². The van der Waals surface area contributed by atoms with Crippen molar-refractivity contribution in [1.82, 2.24) is 4.98 Å². The molecule has 0 aliphatic heterocycles. The summed E-state index contributed by atoms with van der Waals surface area (Å²) < 4.78 is 5.23. The van der Waals surface area contributed by atoms with E-state index in [9.17, 15) is 4.79 Å². The van der Waals surface area contributed by atoms with Crippen LogP contribution in [0.2, 0.25) is 0 Å². The Balaban J connectivity index is 2.02. The second-order valence-electron chi connectivity index (χ2n) is 5.15. The first-order chi connectivity index (χ1) is 8.65. The SMILES string of the molecule is CC(C)OC(=O)c1ccc2[nH]c3c(c2c1)CCC3. The van der Waals surface area contributed by atoms with Crippen LogP contribution in [0.3, 0.4) is 0 Å². The maximum Gasteiger partial charge on any atom is 0.338 e. The number of esters is 1. The molecule has 1 aromatic heterocycles. The zero-order chi connectivity index (χ0) is 12.7. The number of aromatic nitrogens is 1. The van der Waals surface area contributed by atoms with Gasteiger partial charge in [0.25, 0.3) is 0 Å². The summed E-state index contributed by atoms with van der Waals surface area (Å²) in [6.07, 6.45) is 3.36. The molecule has 3 rings (SSSR count). The van der Waals surface area contributed by atoms with E-state index < -0.39 is 0 Å². The number of aryl methyl sites for hydroxylation is 2. The van der Waals surface area contributed by atoms with Crippen molar-refractivity contribution < 1.29 is 9.53 Å². The predicted molar refractivity (Wildman–Crippen MR) is 70.9 cm³/mol. The highest BCUT2D eigenvalue weighted by Crippen LogP contribution is 2.30. The fourth-order valence-corrected chi connectivity index (χ4v) is 2.65. The van der Waals surface area contributed by atoms with Crippen LogP contribution in [0, 0.1) is 0 Å². The highest BCUT2D eigenvalue weighted by atomic mass is 16.5. The lowest BCUT2D eigenvalue weighted by molar-refractivity contribution is 0.0378. The molecule has 0 spiro atoms. The Morgan fingerprint density at radius 3 is 2.94 bits per heavy atom. The topological polar surface area (TPSA) is 42.1 Å². The van der Waals surface area contributed by atoms with E-state index in [2.05, 4.69) is 4.98 Å². The number of aromatic amines is 1. The average molecular weight is 243 g/mol. The van der Waals surface area contributed by atoms with Gasteiger partial charge in [-0.2, -0.15) is 0 Å². The lowest BCUT2D eigenvalue weighted by Gasteiger charge is -2.07. The second-order valence-corrected chi connectivity index (χ2v) is 5.15. The number of fused-ring (bicyclic) bond motifs is 3. The van der Waals surface area contributed by atoms with Crippen LogP contribution in [0.25, 0.3) is 10.9 Å². The molecule has 18 heavy (non-hydrogen) atoms. The molecule has 1 aliphatic carbocycles. The molecule has 1 aromatic carbocycles. The van der Waals surface area contributed by atoms with E-state index in [-0.39, 0.29) is 12.1 Å². The molecule has 0 saturated heterocycles. The molecule has 0 atom stereocenters. The van der Waals surface area contributed by atoms with Crippen molar-refractivity contribution in [2.24, 2.45) is 0 Å². The van der Waals surface area contributed by atoms with Gasteiger partial charge in [0.05, 0.1) is 11.7 Å². The Kier molecular flexibility index (Phi) is 2.62. The third-order valence-corrected chi connectivity index (χ3v) is 3.43.